The summed E-state index contributed by atoms with van der Waals surface area (Å²) in [6.45, 7) is 2.04. The SMILES string of the molecule is Cc1c(-c2ccccc2)cccc1-c1nnc(C(O)C(NCc2ccc(F)cc2)C(=O)O)o1. The highest BCUT2D eigenvalue weighted by Crippen LogP contribution is 2.32. The third-order valence-electron chi connectivity index (χ3n) is 5.36. The fraction of sp³-hybridized carbons (Fsp3) is 0.160. The number of hydrogen-bond donors (Lipinski definition) is 3. The van der Waals surface area contributed by atoms with Crippen molar-refractivity contribution in [1.29, 1.82) is 0 Å². The first-order chi connectivity index (χ1) is 15.9. The van der Waals surface area contributed by atoms with Crippen LogP contribution in [0.3, 0.4) is 0 Å². The van der Waals surface area contributed by atoms with Crippen LogP contribution in [0.25, 0.3) is 22.6 Å². The molecule has 0 aliphatic rings. The summed E-state index contributed by atoms with van der Waals surface area (Å²) in [5.74, 6) is -1.71. The van der Waals surface area contributed by atoms with Gasteiger partial charge in [0.1, 0.15) is 11.9 Å². The van der Waals surface area contributed by atoms with Crippen molar-refractivity contribution in [3.8, 4) is 22.6 Å². The molecule has 8 heteroatoms. The standard InChI is InChI=1S/C25H22FN3O4/c1-15-19(17-6-3-2-4-7-17)8-5-9-20(15)23-28-29-24(33-23)22(30)21(25(31)32)27-14-16-10-12-18(26)13-11-16/h2-13,21-22,27,30H,14H2,1H3,(H,31,32). The van der Waals surface area contributed by atoms with Gasteiger partial charge >= 0.3 is 5.97 Å². The second kappa shape index (κ2) is 9.72. The molecule has 0 spiro atoms. The molecule has 2 atom stereocenters. The molecule has 3 N–H and O–H groups in total. The van der Waals surface area contributed by atoms with Crippen LogP contribution in [0.2, 0.25) is 0 Å². The topological polar surface area (TPSA) is 108 Å². The number of carbonyl (C=O) groups is 1. The van der Waals surface area contributed by atoms with Gasteiger partial charge in [0.15, 0.2) is 6.10 Å². The van der Waals surface area contributed by atoms with Crippen LogP contribution in [0.5, 0.6) is 0 Å². The first kappa shape index (κ1) is 22.3. The fourth-order valence-corrected chi connectivity index (χ4v) is 3.57. The number of carboxylic acids is 1. The number of aliphatic carboxylic acids is 1. The number of hydrogen-bond acceptors (Lipinski definition) is 6. The number of carboxylic acid groups (broad SMARTS) is 1. The van der Waals surface area contributed by atoms with E-state index in [0.717, 1.165) is 16.7 Å². The van der Waals surface area contributed by atoms with Crippen LogP contribution in [0, 0.1) is 12.7 Å². The smallest absolute Gasteiger partial charge is 0.323 e. The summed E-state index contributed by atoms with van der Waals surface area (Å²) in [5, 5.41) is 30.9. The normalized spacial score (nSPS) is 12.9. The predicted molar refractivity (Wildman–Crippen MR) is 120 cm³/mol. The van der Waals surface area contributed by atoms with Crippen molar-refractivity contribution in [2.24, 2.45) is 0 Å². The van der Waals surface area contributed by atoms with Crippen LogP contribution < -0.4 is 5.32 Å². The van der Waals surface area contributed by atoms with Crippen molar-refractivity contribution in [2.75, 3.05) is 0 Å². The third-order valence-corrected chi connectivity index (χ3v) is 5.36. The van der Waals surface area contributed by atoms with Gasteiger partial charge in [-0.25, -0.2) is 4.39 Å². The monoisotopic (exact) mass is 447 g/mol. The second-order valence-electron chi connectivity index (χ2n) is 7.56. The lowest BCUT2D eigenvalue weighted by atomic mass is 9.96. The lowest BCUT2D eigenvalue weighted by Crippen LogP contribution is -2.41. The average molecular weight is 447 g/mol. The maximum Gasteiger partial charge on any atom is 0.323 e. The number of aliphatic hydroxyl groups excluding tert-OH is 1. The van der Waals surface area contributed by atoms with Crippen LogP contribution in [-0.4, -0.2) is 32.4 Å². The molecule has 7 nitrogen and oxygen atoms in total. The Balaban J connectivity index is 1.55. The van der Waals surface area contributed by atoms with E-state index >= 15 is 0 Å². The predicted octanol–water partition coefficient (Wildman–Crippen LogP) is 4.13. The minimum atomic E-state index is -1.58. The summed E-state index contributed by atoms with van der Waals surface area (Å²) in [4.78, 5) is 11.7. The first-order valence-electron chi connectivity index (χ1n) is 10.3. The Morgan fingerprint density at radius 2 is 1.70 bits per heavy atom. The molecule has 168 valence electrons. The summed E-state index contributed by atoms with van der Waals surface area (Å²) < 4.78 is 18.8. The quantitative estimate of drug-likeness (QED) is 0.373. The Morgan fingerprint density at radius 1 is 1.00 bits per heavy atom. The van der Waals surface area contributed by atoms with Crippen LogP contribution in [0.1, 0.15) is 23.1 Å². The summed E-state index contributed by atoms with van der Waals surface area (Å²) in [5.41, 5.74) is 4.30. The Kier molecular flexibility index (Phi) is 6.58. The van der Waals surface area contributed by atoms with E-state index in [4.69, 9.17) is 4.42 Å². The Morgan fingerprint density at radius 3 is 2.39 bits per heavy atom. The summed E-state index contributed by atoms with van der Waals surface area (Å²) in [6, 6.07) is 19.7. The van der Waals surface area contributed by atoms with E-state index in [0.29, 0.717) is 11.1 Å². The number of nitrogens with zero attached hydrogens (tertiary/aromatic N) is 2. The summed E-state index contributed by atoms with van der Waals surface area (Å²) in [7, 11) is 0. The van der Waals surface area contributed by atoms with Gasteiger partial charge in [0.2, 0.25) is 11.8 Å². The number of aromatic nitrogens is 2. The third kappa shape index (κ3) is 4.97. The van der Waals surface area contributed by atoms with E-state index in [1.54, 1.807) is 0 Å². The molecule has 0 radical (unpaired) electrons. The van der Waals surface area contributed by atoms with Crippen molar-refractivity contribution >= 4 is 5.97 Å². The Labute approximate surface area is 189 Å². The zero-order valence-corrected chi connectivity index (χ0v) is 17.8. The fourth-order valence-electron chi connectivity index (χ4n) is 3.57. The van der Waals surface area contributed by atoms with Gasteiger partial charge in [0, 0.05) is 12.1 Å². The van der Waals surface area contributed by atoms with Gasteiger partial charge in [-0.05, 0) is 47.4 Å². The van der Waals surface area contributed by atoms with E-state index in [1.165, 1.54) is 24.3 Å². The lowest BCUT2D eigenvalue weighted by molar-refractivity contribution is -0.143. The number of halogens is 1. The maximum absolute atomic E-state index is 13.1. The molecule has 2 unspecified atom stereocenters. The minimum Gasteiger partial charge on any atom is -0.480 e. The number of nitrogens with one attached hydrogen (secondary N) is 1. The molecule has 0 aliphatic heterocycles. The highest BCUT2D eigenvalue weighted by Gasteiger charge is 2.32. The molecule has 0 saturated carbocycles. The molecule has 0 amide bonds. The second-order valence-corrected chi connectivity index (χ2v) is 7.56. The highest BCUT2D eigenvalue weighted by molar-refractivity contribution is 5.75. The van der Waals surface area contributed by atoms with Crippen molar-refractivity contribution in [2.45, 2.75) is 25.6 Å². The average Bonchev–Trinajstić information content (AvgIpc) is 3.31. The van der Waals surface area contributed by atoms with Gasteiger partial charge in [-0.1, -0.05) is 54.6 Å². The number of benzene rings is 3. The van der Waals surface area contributed by atoms with Gasteiger partial charge in [-0.3, -0.25) is 10.1 Å². The van der Waals surface area contributed by atoms with E-state index in [1.807, 2.05) is 55.5 Å². The largest absolute Gasteiger partial charge is 0.480 e. The summed E-state index contributed by atoms with van der Waals surface area (Å²) in [6.07, 6.45) is -1.58. The zero-order chi connectivity index (χ0) is 23.4. The molecule has 0 aliphatic carbocycles. The molecule has 0 saturated heterocycles. The van der Waals surface area contributed by atoms with Crippen molar-refractivity contribution in [3.05, 3.63) is 95.6 Å². The lowest BCUT2D eigenvalue weighted by Gasteiger charge is -2.18. The van der Waals surface area contributed by atoms with Crippen molar-refractivity contribution in [3.63, 3.8) is 0 Å². The van der Waals surface area contributed by atoms with E-state index in [9.17, 15) is 19.4 Å². The zero-order valence-electron chi connectivity index (χ0n) is 17.8. The van der Waals surface area contributed by atoms with Crippen LogP contribution in [0.4, 0.5) is 4.39 Å². The van der Waals surface area contributed by atoms with Crippen molar-refractivity contribution < 1.29 is 23.8 Å². The number of aliphatic hydroxyl groups is 1. The van der Waals surface area contributed by atoms with E-state index in [2.05, 4.69) is 15.5 Å². The molecule has 1 aromatic heterocycles. The van der Waals surface area contributed by atoms with Gasteiger partial charge in [0.25, 0.3) is 0 Å². The maximum atomic E-state index is 13.1. The number of rotatable bonds is 8. The highest BCUT2D eigenvalue weighted by atomic mass is 19.1. The molecule has 33 heavy (non-hydrogen) atoms. The molecule has 4 aromatic rings. The van der Waals surface area contributed by atoms with Crippen LogP contribution in [-0.2, 0) is 11.3 Å². The molecular weight excluding hydrogens is 425 g/mol. The molecular formula is C25H22FN3O4. The molecule has 0 fully saturated rings. The molecule has 3 aromatic carbocycles. The van der Waals surface area contributed by atoms with Gasteiger partial charge < -0.3 is 14.6 Å². The minimum absolute atomic E-state index is 0.105. The van der Waals surface area contributed by atoms with E-state index < -0.39 is 23.9 Å². The molecule has 1 heterocycles. The molecule has 4 rings (SSSR count). The van der Waals surface area contributed by atoms with Crippen molar-refractivity contribution in [1.82, 2.24) is 15.5 Å². The Bertz CT molecular complexity index is 1240. The summed E-state index contributed by atoms with van der Waals surface area (Å²) >= 11 is 0. The van der Waals surface area contributed by atoms with E-state index in [-0.39, 0.29) is 18.3 Å². The van der Waals surface area contributed by atoms with Gasteiger partial charge in [0.05, 0.1) is 0 Å². The Hall–Kier alpha value is -3.88. The van der Waals surface area contributed by atoms with Crippen LogP contribution in [0.15, 0.2) is 77.2 Å². The van der Waals surface area contributed by atoms with Gasteiger partial charge in [-0.15, -0.1) is 10.2 Å². The van der Waals surface area contributed by atoms with Gasteiger partial charge in [-0.2, -0.15) is 0 Å². The van der Waals surface area contributed by atoms with Crippen LogP contribution >= 0.6 is 0 Å². The first-order valence-corrected chi connectivity index (χ1v) is 10.3. The molecule has 0 bridgehead atoms.